The summed E-state index contributed by atoms with van der Waals surface area (Å²) in [5.41, 5.74) is 0.753. The molecule has 8 nitrogen and oxygen atoms in total. The Hall–Kier alpha value is -1.97. The second-order valence-electron chi connectivity index (χ2n) is 5.46. The van der Waals surface area contributed by atoms with Gasteiger partial charge in [0.1, 0.15) is 36.3 Å². The number of ether oxygens (including phenoxy) is 2. The van der Waals surface area contributed by atoms with Crippen LogP contribution in [0.4, 0.5) is 0 Å². The largest absolute Gasteiger partial charge is 0.508 e. The van der Waals surface area contributed by atoms with Gasteiger partial charge in [-0.25, -0.2) is 4.79 Å². The molecule has 0 saturated carbocycles. The van der Waals surface area contributed by atoms with Crippen LogP contribution in [0.3, 0.4) is 0 Å². The number of aromatic hydroxyl groups is 1. The highest BCUT2D eigenvalue weighted by atomic mass is 16.5. The number of carbonyl (C=O) groups is 1. The van der Waals surface area contributed by atoms with E-state index in [2.05, 4.69) is 4.74 Å². The summed E-state index contributed by atoms with van der Waals surface area (Å²) in [6.45, 7) is -0.546. The first kappa shape index (κ1) is 18.4. The van der Waals surface area contributed by atoms with Gasteiger partial charge in [0.05, 0.1) is 13.7 Å². The van der Waals surface area contributed by atoms with Crippen molar-refractivity contribution in [1.82, 2.24) is 0 Å². The van der Waals surface area contributed by atoms with Crippen molar-refractivity contribution in [2.45, 2.75) is 30.5 Å². The van der Waals surface area contributed by atoms with E-state index < -0.39 is 43.1 Å². The molecule has 5 N–H and O–H groups in total. The van der Waals surface area contributed by atoms with Crippen molar-refractivity contribution in [3.8, 4) is 5.75 Å². The molecule has 1 fully saturated rings. The molecule has 1 aliphatic heterocycles. The van der Waals surface area contributed by atoms with Crippen LogP contribution in [-0.2, 0) is 14.3 Å². The van der Waals surface area contributed by atoms with Crippen LogP contribution in [0.25, 0.3) is 6.08 Å². The predicted octanol–water partition coefficient (Wildman–Crippen LogP) is -0.907. The Morgan fingerprint density at radius 2 is 1.92 bits per heavy atom. The number of benzene rings is 1. The van der Waals surface area contributed by atoms with Gasteiger partial charge in [0.15, 0.2) is 0 Å². The van der Waals surface area contributed by atoms with Gasteiger partial charge in [0.25, 0.3) is 0 Å². The fourth-order valence-electron chi connectivity index (χ4n) is 2.53. The Kier molecular flexibility index (Phi) is 5.92. The zero-order valence-corrected chi connectivity index (χ0v) is 12.9. The third-order valence-electron chi connectivity index (χ3n) is 3.80. The Balaban J connectivity index is 2.31. The second kappa shape index (κ2) is 7.73. The Bertz CT molecular complexity index is 612. The Morgan fingerprint density at radius 1 is 1.21 bits per heavy atom. The summed E-state index contributed by atoms with van der Waals surface area (Å²) in [6, 6.07) is 4.24. The molecule has 1 aromatic carbocycles. The van der Waals surface area contributed by atoms with Crippen LogP contribution in [0, 0.1) is 0 Å². The summed E-state index contributed by atoms with van der Waals surface area (Å²) in [6.07, 6.45) is -4.00. The third kappa shape index (κ3) is 3.92. The van der Waals surface area contributed by atoms with Gasteiger partial charge in [-0.3, -0.25) is 0 Å². The maximum absolute atomic E-state index is 11.1. The van der Waals surface area contributed by atoms with Gasteiger partial charge >= 0.3 is 5.97 Å². The van der Waals surface area contributed by atoms with Crippen LogP contribution >= 0.6 is 0 Å². The molecule has 8 heteroatoms. The van der Waals surface area contributed by atoms with Crippen molar-refractivity contribution in [1.29, 1.82) is 0 Å². The molecule has 0 bridgehead atoms. The number of carbonyl (C=O) groups excluding carboxylic acids is 1. The molecule has 24 heavy (non-hydrogen) atoms. The van der Waals surface area contributed by atoms with Crippen LogP contribution < -0.4 is 0 Å². The third-order valence-corrected chi connectivity index (χ3v) is 3.80. The Morgan fingerprint density at radius 3 is 2.54 bits per heavy atom. The topological polar surface area (TPSA) is 137 Å². The highest BCUT2D eigenvalue weighted by molar-refractivity contribution is 5.87. The van der Waals surface area contributed by atoms with Gasteiger partial charge in [-0.15, -0.1) is 0 Å². The number of hydrogen-bond acceptors (Lipinski definition) is 8. The lowest BCUT2D eigenvalue weighted by Crippen LogP contribution is -2.55. The van der Waals surface area contributed by atoms with E-state index in [1.807, 2.05) is 0 Å². The quantitative estimate of drug-likeness (QED) is 0.351. The first-order chi connectivity index (χ1) is 11.4. The van der Waals surface area contributed by atoms with E-state index in [1.54, 1.807) is 0 Å². The summed E-state index contributed by atoms with van der Waals surface area (Å²) < 4.78 is 9.92. The number of aliphatic hydroxyl groups excluding tert-OH is 4. The molecule has 5 atom stereocenters. The minimum Gasteiger partial charge on any atom is -0.508 e. The molecule has 0 aliphatic carbocycles. The van der Waals surface area contributed by atoms with Gasteiger partial charge < -0.3 is 35.0 Å². The monoisotopic (exact) mass is 340 g/mol. The van der Waals surface area contributed by atoms with Crippen LogP contribution in [0.15, 0.2) is 24.3 Å². The highest BCUT2D eigenvalue weighted by Gasteiger charge is 2.44. The van der Waals surface area contributed by atoms with Crippen LogP contribution in [0.1, 0.15) is 17.2 Å². The molecule has 1 aromatic rings. The number of phenolic OH excluding ortho intramolecular Hbond substituents is 1. The molecular formula is C16H20O8. The molecule has 1 aliphatic rings. The lowest BCUT2D eigenvalue weighted by molar-refractivity contribution is -0.231. The molecular weight excluding hydrogens is 320 g/mol. The highest BCUT2D eigenvalue weighted by Crippen LogP contribution is 2.34. The fraction of sp³-hybridized carbons (Fsp3) is 0.438. The molecule has 1 heterocycles. The first-order valence-corrected chi connectivity index (χ1v) is 7.28. The van der Waals surface area contributed by atoms with Crippen molar-refractivity contribution >= 4 is 12.0 Å². The van der Waals surface area contributed by atoms with Crippen LogP contribution in [0.2, 0.25) is 0 Å². The van der Waals surface area contributed by atoms with Gasteiger partial charge in [0.2, 0.25) is 0 Å². The lowest BCUT2D eigenvalue weighted by Gasteiger charge is -2.40. The summed E-state index contributed by atoms with van der Waals surface area (Å²) in [7, 11) is 1.23. The average molecular weight is 340 g/mol. The van der Waals surface area contributed by atoms with Crippen molar-refractivity contribution in [3.05, 3.63) is 35.4 Å². The van der Waals surface area contributed by atoms with Crippen molar-refractivity contribution in [2.75, 3.05) is 13.7 Å². The van der Waals surface area contributed by atoms with Gasteiger partial charge in [0, 0.05) is 6.08 Å². The second-order valence-corrected chi connectivity index (χ2v) is 5.46. The SMILES string of the molecule is COC(=O)C=Cc1cc(O)cc(C2OC(CO)C(O)C(O)C2O)c1. The van der Waals surface area contributed by atoms with Gasteiger partial charge in [-0.05, 0) is 35.4 Å². The Labute approximate surface area is 138 Å². The minimum atomic E-state index is -1.52. The first-order valence-electron chi connectivity index (χ1n) is 7.28. The van der Waals surface area contributed by atoms with E-state index in [4.69, 9.17) is 4.74 Å². The summed E-state index contributed by atoms with van der Waals surface area (Å²) in [5.74, 6) is -0.721. The molecule has 5 unspecified atom stereocenters. The standard InChI is InChI=1S/C16H20O8/c1-23-12(19)3-2-8-4-9(6-10(18)5-8)16-15(22)14(21)13(20)11(7-17)24-16/h2-6,11,13-18,20-22H,7H2,1H3. The normalized spacial score (nSPS) is 30.5. The van der Waals surface area contributed by atoms with E-state index in [-0.39, 0.29) is 5.75 Å². The number of aliphatic hydroxyl groups is 4. The molecule has 132 valence electrons. The van der Waals surface area contributed by atoms with Crippen molar-refractivity contribution < 1.29 is 39.8 Å². The molecule has 0 spiro atoms. The molecule has 0 aromatic heterocycles. The summed E-state index contributed by atoms with van der Waals surface area (Å²) in [5, 5.41) is 48.8. The number of hydrogen-bond donors (Lipinski definition) is 5. The van der Waals surface area contributed by atoms with Crippen LogP contribution in [0.5, 0.6) is 5.75 Å². The number of phenols is 1. The number of esters is 1. The van der Waals surface area contributed by atoms with Crippen molar-refractivity contribution in [3.63, 3.8) is 0 Å². The molecule has 0 radical (unpaired) electrons. The van der Waals surface area contributed by atoms with E-state index in [0.717, 1.165) is 6.08 Å². The van der Waals surface area contributed by atoms with Crippen molar-refractivity contribution in [2.24, 2.45) is 0 Å². The number of methoxy groups -OCH3 is 1. The van der Waals surface area contributed by atoms with E-state index in [9.17, 15) is 30.3 Å². The maximum Gasteiger partial charge on any atom is 0.330 e. The molecule has 1 saturated heterocycles. The summed E-state index contributed by atoms with van der Waals surface area (Å²) >= 11 is 0. The molecule has 2 rings (SSSR count). The van der Waals surface area contributed by atoms with E-state index in [0.29, 0.717) is 11.1 Å². The van der Waals surface area contributed by atoms with Gasteiger partial charge in [-0.1, -0.05) is 0 Å². The molecule has 0 amide bonds. The van der Waals surface area contributed by atoms with Gasteiger partial charge in [-0.2, -0.15) is 0 Å². The lowest BCUT2D eigenvalue weighted by atomic mass is 9.90. The fourth-order valence-corrected chi connectivity index (χ4v) is 2.53. The predicted molar refractivity (Wildman–Crippen MR) is 81.9 cm³/mol. The van der Waals surface area contributed by atoms with E-state index in [1.165, 1.54) is 31.4 Å². The summed E-state index contributed by atoms with van der Waals surface area (Å²) in [4.78, 5) is 11.1. The average Bonchev–Trinajstić information content (AvgIpc) is 2.57. The zero-order valence-electron chi connectivity index (χ0n) is 12.9. The smallest absolute Gasteiger partial charge is 0.330 e. The number of rotatable bonds is 4. The maximum atomic E-state index is 11.1. The van der Waals surface area contributed by atoms with E-state index >= 15 is 0 Å². The zero-order chi connectivity index (χ0) is 17.9. The minimum absolute atomic E-state index is 0.144. The van der Waals surface area contributed by atoms with Crippen LogP contribution in [-0.4, -0.2) is 69.6 Å².